The highest BCUT2D eigenvalue weighted by atomic mass is 19.1. The standard InChI is InChI=1S/C14H22FNO/c1-5-10(2)8-13(16-3)11-6-7-12(15)14(9-11)17-4/h6-7,9-10,13,16H,5,8H2,1-4H3. The lowest BCUT2D eigenvalue weighted by Gasteiger charge is -2.20. The van der Waals surface area contributed by atoms with Crippen molar-refractivity contribution in [1.82, 2.24) is 5.32 Å². The first-order valence-electron chi connectivity index (χ1n) is 6.13. The lowest BCUT2D eigenvalue weighted by atomic mass is 9.94. The topological polar surface area (TPSA) is 21.3 Å². The first-order chi connectivity index (χ1) is 8.12. The first kappa shape index (κ1) is 14.0. The van der Waals surface area contributed by atoms with Crippen LogP contribution in [0.15, 0.2) is 18.2 Å². The second kappa shape index (κ2) is 6.60. The van der Waals surface area contributed by atoms with Crippen molar-refractivity contribution in [2.45, 2.75) is 32.7 Å². The van der Waals surface area contributed by atoms with Gasteiger partial charge in [-0.2, -0.15) is 0 Å². The van der Waals surface area contributed by atoms with Gasteiger partial charge < -0.3 is 10.1 Å². The van der Waals surface area contributed by atoms with E-state index in [2.05, 4.69) is 19.2 Å². The Morgan fingerprint density at radius 1 is 1.41 bits per heavy atom. The van der Waals surface area contributed by atoms with Crippen molar-refractivity contribution in [3.63, 3.8) is 0 Å². The van der Waals surface area contributed by atoms with Crippen molar-refractivity contribution >= 4 is 0 Å². The number of halogens is 1. The first-order valence-corrected chi connectivity index (χ1v) is 6.13. The van der Waals surface area contributed by atoms with Crippen molar-refractivity contribution in [1.29, 1.82) is 0 Å². The van der Waals surface area contributed by atoms with Gasteiger partial charge in [-0.3, -0.25) is 0 Å². The monoisotopic (exact) mass is 239 g/mol. The van der Waals surface area contributed by atoms with E-state index in [9.17, 15) is 4.39 Å². The molecule has 1 aromatic carbocycles. The molecule has 0 aliphatic rings. The lowest BCUT2D eigenvalue weighted by Crippen LogP contribution is -2.19. The molecule has 0 amide bonds. The molecule has 0 fully saturated rings. The summed E-state index contributed by atoms with van der Waals surface area (Å²) in [5.74, 6) is 0.644. The summed E-state index contributed by atoms with van der Waals surface area (Å²) in [4.78, 5) is 0. The number of rotatable bonds is 6. The number of ether oxygens (including phenoxy) is 1. The van der Waals surface area contributed by atoms with Gasteiger partial charge in [0.15, 0.2) is 11.6 Å². The third kappa shape index (κ3) is 3.70. The van der Waals surface area contributed by atoms with E-state index in [1.807, 2.05) is 13.1 Å². The van der Waals surface area contributed by atoms with Gasteiger partial charge in [-0.15, -0.1) is 0 Å². The predicted octanol–water partition coefficient (Wildman–Crippen LogP) is 3.53. The van der Waals surface area contributed by atoms with E-state index in [0.717, 1.165) is 18.4 Å². The Hall–Kier alpha value is -1.09. The Morgan fingerprint density at radius 2 is 2.12 bits per heavy atom. The van der Waals surface area contributed by atoms with Crippen molar-refractivity contribution in [3.05, 3.63) is 29.6 Å². The maximum atomic E-state index is 13.3. The molecule has 2 atom stereocenters. The number of nitrogens with one attached hydrogen (secondary N) is 1. The van der Waals surface area contributed by atoms with Crippen LogP contribution in [0.4, 0.5) is 4.39 Å². The van der Waals surface area contributed by atoms with E-state index in [1.165, 1.54) is 13.2 Å². The van der Waals surface area contributed by atoms with Crippen LogP contribution in [0.5, 0.6) is 5.75 Å². The van der Waals surface area contributed by atoms with Crippen molar-refractivity contribution < 1.29 is 9.13 Å². The molecule has 0 radical (unpaired) electrons. The van der Waals surface area contributed by atoms with Gasteiger partial charge in [0.1, 0.15) is 0 Å². The Balaban J connectivity index is 2.88. The summed E-state index contributed by atoms with van der Waals surface area (Å²) in [6.45, 7) is 4.41. The molecule has 2 nitrogen and oxygen atoms in total. The lowest BCUT2D eigenvalue weighted by molar-refractivity contribution is 0.381. The van der Waals surface area contributed by atoms with Gasteiger partial charge in [0.05, 0.1) is 7.11 Å². The number of benzene rings is 1. The zero-order chi connectivity index (χ0) is 12.8. The van der Waals surface area contributed by atoms with Crippen LogP contribution in [-0.2, 0) is 0 Å². The molecule has 0 aliphatic heterocycles. The van der Waals surface area contributed by atoms with E-state index in [-0.39, 0.29) is 11.9 Å². The van der Waals surface area contributed by atoms with Crippen LogP contribution in [0.2, 0.25) is 0 Å². The van der Waals surface area contributed by atoms with E-state index >= 15 is 0 Å². The molecule has 3 heteroatoms. The number of hydrogen-bond acceptors (Lipinski definition) is 2. The maximum Gasteiger partial charge on any atom is 0.165 e. The molecule has 0 spiro atoms. The second-order valence-corrected chi connectivity index (χ2v) is 4.48. The number of hydrogen-bond donors (Lipinski definition) is 1. The summed E-state index contributed by atoms with van der Waals surface area (Å²) in [5, 5.41) is 3.28. The third-order valence-corrected chi connectivity index (χ3v) is 3.26. The summed E-state index contributed by atoms with van der Waals surface area (Å²) in [5.41, 5.74) is 1.08. The molecule has 0 aliphatic carbocycles. The van der Waals surface area contributed by atoms with E-state index in [4.69, 9.17) is 4.74 Å². The predicted molar refractivity (Wildman–Crippen MR) is 68.8 cm³/mol. The largest absolute Gasteiger partial charge is 0.494 e. The Morgan fingerprint density at radius 3 is 2.65 bits per heavy atom. The van der Waals surface area contributed by atoms with Gasteiger partial charge in [-0.25, -0.2) is 4.39 Å². The molecular weight excluding hydrogens is 217 g/mol. The van der Waals surface area contributed by atoms with Crippen LogP contribution in [0, 0.1) is 11.7 Å². The van der Waals surface area contributed by atoms with Crippen molar-refractivity contribution in [2.24, 2.45) is 5.92 Å². The van der Waals surface area contributed by atoms with Crippen LogP contribution < -0.4 is 10.1 Å². The van der Waals surface area contributed by atoms with E-state index in [1.54, 1.807) is 6.07 Å². The van der Waals surface area contributed by atoms with Crippen LogP contribution in [0.1, 0.15) is 38.3 Å². The quantitative estimate of drug-likeness (QED) is 0.820. The SMILES string of the molecule is CCC(C)CC(NC)c1ccc(F)c(OC)c1. The van der Waals surface area contributed by atoms with Gasteiger partial charge in [-0.05, 0) is 37.1 Å². The second-order valence-electron chi connectivity index (χ2n) is 4.48. The highest BCUT2D eigenvalue weighted by Crippen LogP contribution is 2.27. The van der Waals surface area contributed by atoms with Crippen molar-refractivity contribution in [2.75, 3.05) is 14.2 Å². The van der Waals surface area contributed by atoms with Gasteiger partial charge in [-0.1, -0.05) is 26.3 Å². The van der Waals surface area contributed by atoms with Crippen LogP contribution in [-0.4, -0.2) is 14.2 Å². The number of methoxy groups -OCH3 is 1. The third-order valence-electron chi connectivity index (χ3n) is 3.26. The molecule has 2 unspecified atom stereocenters. The minimum absolute atomic E-state index is 0.249. The molecule has 96 valence electrons. The molecule has 0 heterocycles. The molecule has 0 saturated heterocycles. The molecule has 1 N–H and O–H groups in total. The molecule has 0 saturated carbocycles. The Bertz CT molecular complexity index is 354. The molecule has 1 aromatic rings. The Labute approximate surface area is 103 Å². The molecule has 0 bridgehead atoms. The summed E-state index contributed by atoms with van der Waals surface area (Å²) in [7, 11) is 3.42. The van der Waals surface area contributed by atoms with Gasteiger partial charge >= 0.3 is 0 Å². The minimum Gasteiger partial charge on any atom is -0.494 e. The van der Waals surface area contributed by atoms with Crippen LogP contribution in [0.3, 0.4) is 0 Å². The van der Waals surface area contributed by atoms with Crippen LogP contribution in [0.25, 0.3) is 0 Å². The van der Waals surface area contributed by atoms with E-state index in [0.29, 0.717) is 11.7 Å². The van der Waals surface area contributed by atoms with Gasteiger partial charge in [0.2, 0.25) is 0 Å². The average molecular weight is 239 g/mol. The van der Waals surface area contributed by atoms with E-state index < -0.39 is 0 Å². The summed E-state index contributed by atoms with van der Waals surface area (Å²) in [6.07, 6.45) is 2.19. The van der Waals surface area contributed by atoms with Gasteiger partial charge in [0.25, 0.3) is 0 Å². The fraction of sp³-hybridized carbons (Fsp3) is 0.571. The molecule has 17 heavy (non-hydrogen) atoms. The summed E-state index contributed by atoms with van der Waals surface area (Å²) < 4.78 is 18.3. The van der Waals surface area contributed by atoms with Crippen molar-refractivity contribution in [3.8, 4) is 5.75 Å². The highest BCUT2D eigenvalue weighted by Gasteiger charge is 2.14. The zero-order valence-corrected chi connectivity index (χ0v) is 11.1. The zero-order valence-electron chi connectivity index (χ0n) is 11.1. The smallest absolute Gasteiger partial charge is 0.165 e. The Kier molecular flexibility index (Phi) is 5.42. The maximum absolute atomic E-state index is 13.3. The fourth-order valence-electron chi connectivity index (χ4n) is 1.88. The normalized spacial score (nSPS) is 14.4. The molecule has 1 rings (SSSR count). The molecule has 0 aromatic heterocycles. The summed E-state index contributed by atoms with van der Waals surface area (Å²) >= 11 is 0. The summed E-state index contributed by atoms with van der Waals surface area (Å²) in [6, 6.07) is 5.31. The molecular formula is C14H22FNO. The highest BCUT2D eigenvalue weighted by molar-refractivity contribution is 5.32. The van der Waals surface area contributed by atoms with Crippen LogP contribution >= 0.6 is 0 Å². The van der Waals surface area contributed by atoms with Gasteiger partial charge in [0, 0.05) is 6.04 Å². The minimum atomic E-state index is -0.311. The fourth-order valence-corrected chi connectivity index (χ4v) is 1.88. The average Bonchev–Trinajstić information content (AvgIpc) is 2.36.